The number of amides is 2. The minimum Gasteiger partial charge on any atom is -0.439 e. The van der Waals surface area contributed by atoms with Crippen molar-refractivity contribution in [3.8, 4) is 11.6 Å². The lowest BCUT2D eigenvalue weighted by Gasteiger charge is -2.14. The molecule has 2 amide bonds. The van der Waals surface area contributed by atoms with Crippen LogP contribution in [0, 0.1) is 0 Å². The molecule has 1 aromatic heterocycles. The van der Waals surface area contributed by atoms with Crippen molar-refractivity contribution in [3.05, 3.63) is 88.5 Å². The van der Waals surface area contributed by atoms with Gasteiger partial charge in [-0.2, -0.15) is 0 Å². The molecule has 0 radical (unpaired) electrons. The number of hydrogen-bond donors (Lipinski definition) is 2. The molecule has 148 valence electrons. The molecule has 6 nitrogen and oxygen atoms in total. The van der Waals surface area contributed by atoms with Crippen molar-refractivity contribution in [1.29, 1.82) is 0 Å². The molecule has 2 N–H and O–H groups in total. The van der Waals surface area contributed by atoms with Crippen molar-refractivity contribution in [3.63, 3.8) is 0 Å². The van der Waals surface area contributed by atoms with Gasteiger partial charge in [-0.3, -0.25) is 9.59 Å². The highest BCUT2D eigenvalue weighted by molar-refractivity contribution is 9.10. The molecule has 0 fully saturated rings. The Hall–Kier alpha value is -3.19. The number of nitrogens with one attached hydrogen (secondary N) is 2. The van der Waals surface area contributed by atoms with E-state index in [1.54, 1.807) is 19.1 Å². The summed E-state index contributed by atoms with van der Waals surface area (Å²) in [5.41, 5.74) is 1.33. The van der Waals surface area contributed by atoms with Crippen molar-refractivity contribution in [2.75, 3.05) is 0 Å². The fourth-order valence-electron chi connectivity index (χ4n) is 2.48. The molecule has 29 heavy (non-hydrogen) atoms. The molecule has 1 heterocycles. The summed E-state index contributed by atoms with van der Waals surface area (Å²) in [6.45, 7) is 2.04. The maximum absolute atomic E-state index is 12.4. The van der Waals surface area contributed by atoms with Crippen LogP contribution in [0.5, 0.6) is 11.6 Å². The van der Waals surface area contributed by atoms with E-state index in [-0.39, 0.29) is 11.8 Å². The van der Waals surface area contributed by atoms with Gasteiger partial charge >= 0.3 is 0 Å². The smallest absolute Gasteiger partial charge is 0.253 e. The van der Waals surface area contributed by atoms with Gasteiger partial charge in [0.1, 0.15) is 11.8 Å². The second-order valence-corrected chi connectivity index (χ2v) is 7.26. The zero-order valence-electron chi connectivity index (χ0n) is 15.8. The summed E-state index contributed by atoms with van der Waals surface area (Å²) in [4.78, 5) is 28.7. The summed E-state index contributed by atoms with van der Waals surface area (Å²) in [5, 5.41) is 5.47. The number of nitrogens with zero attached hydrogens (tertiary/aromatic N) is 1. The Balaban J connectivity index is 1.51. The summed E-state index contributed by atoms with van der Waals surface area (Å²) in [7, 11) is 0. The second kappa shape index (κ2) is 9.84. The average Bonchev–Trinajstić information content (AvgIpc) is 2.74. The molecule has 3 aromatic rings. The predicted octanol–water partition coefficient (Wildman–Crippen LogP) is 4.07. The van der Waals surface area contributed by atoms with Crippen LogP contribution in [0.15, 0.2) is 77.4 Å². The maximum Gasteiger partial charge on any atom is 0.253 e. The second-order valence-electron chi connectivity index (χ2n) is 6.34. The summed E-state index contributed by atoms with van der Waals surface area (Å²) >= 11 is 3.36. The van der Waals surface area contributed by atoms with Crippen molar-refractivity contribution in [1.82, 2.24) is 15.6 Å². The molecule has 0 aliphatic heterocycles. The van der Waals surface area contributed by atoms with Crippen molar-refractivity contribution in [2.45, 2.75) is 19.5 Å². The highest BCUT2D eigenvalue weighted by Crippen LogP contribution is 2.21. The van der Waals surface area contributed by atoms with Gasteiger partial charge in [0, 0.05) is 23.3 Å². The van der Waals surface area contributed by atoms with Gasteiger partial charge in [0.25, 0.3) is 5.91 Å². The largest absolute Gasteiger partial charge is 0.439 e. The molecule has 0 bridgehead atoms. The van der Waals surface area contributed by atoms with Crippen LogP contribution in [-0.4, -0.2) is 22.8 Å². The van der Waals surface area contributed by atoms with Gasteiger partial charge in [-0.25, -0.2) is 4.98 Å². The third-order valence-electron chi connectivity index (χ3n) is 4.09. The number of hydrogen-bond acceptors (Lipinski definition) is 4. The maximum atomic E-state index is 12.4. The fraction of sp³-hybridized carbons (Fsp3) is 0.136. The number of pyridine rings is 1. The topological polar surface area (TPSA) is 80.3 Å². The lowest BCUT2D eigenvalue weighted by atomic mass is 10.2. The van der Waals surface area contributed by atoms with Gasteiger partial charge in [-0.1, -0.05) is 46.3 Å². The zero-order valence-corrected chi connectivity index (χ0v) is 17.3. The molecule has 0 aliphatic rings. The molecule has 1 atom stereocenters. The molecule has 0 aliphatic carbocycles. The Labute approximate surface area is 177 Å². The quantitative estimate of drug-likeness (QED) is 0.564. The molecule has 0 saturated carbocycles. The predicted molar refractivity (Wildman–Crippen MR) is 114 cm³/mol. The summed E-state index contributed by atoms with van der Waals surface area (Å²) in [6, 6.07) is 19.4. The van der Waals surface area contributed by atoms with Gasteiger partial charge in [-0.05, 0) is 42.8 Å². The van der Waals surface area contributed by atoms with E-state index >= 15 is 0 Å². The molecular weight excluding hydrogens is 434 g/mol. The first kappa shape index (κ1) is 20.5. The first-order chi connectivity index (χ1) is 14.0. The Morgan fingerprint density at radius 3 is 2.41 bits per heavy atom. The molecule has 0 saturated heterocycles. The molecule has 2 aromatic carbocycles. The summed E-state index contributed by atoms with van der Waals surface area (Å²) in [6.07, 6.45) is 1.41. The van der Waals surface area contributed by atoms with Gasteiger partial charge in [0.15, 0.2) is 0 Å². The first-order valence-corrected chi connectivity index (χ1v) is 9.82. The molecule has 0 spiro atoms. The van der Waals surface area contributed by atoms with Crippen LogP contribution in [0.4, 0.5) is 0 Å². The van der Waals surface area contributed by atoms with E-state index in [9.17, 15) is 9.59 Å². The average molecular weight is 454 g/mol. The highest BCUT2D eigenvalue weighted by Gasteiger charge is 2.16. The van der Waals surface area contributed by atoms with E-state index in [1.807, 2.05) is 54.6 Å². The lowest BCUT2D eigenvalue weighted by Crippen LogP contribution is -2.44. The van der Waals surface area contributed by atoms with Crippen LogP contribution in [-0.2, 0) is 11.3 Å². The number of carbonyl (C=O) groups is 2. The number of ether oxygens (including phenoxy) is 1. The third kappa shape index (κ3) is 6.15. The Morgan fingerprint density at radius 2 is 1.76 bits per heavy atom. The van der Waals surface area contributed by atoms with E-state index in [1.165, 1.54) is 6.20 Å². The molecule has 7 heteroatoms. The number of halogens is 1. The van der Waals surface area contributed by atoms with E-state index in [4.69, 9.17) is 4.74 Å². The molecule has 3 rings (SSSR count). The van der Waals surface area contributed by atoms with Crippen LogP contribution in [0.2, 0.25) is 0 Å². The van der Waals surface area contributed by atoms with Gasteiger partial charge in [0.05, 0.1) is 5.56 Å². The van der Waals surface area contributed by atoms with Crippen LogP contribution in [0.1, 0.15) is 22.8 Å². The van der Waals surface area contributed by atoms with Crippen LogP contribution in [0.3, 0.4) is 0 Å². The number of rotatable bonds is 7. The number of aromatic nitrogens is 1. The van der Waals surface area contributed by atoms with E-state index in [0.717, 1.165) is 10.0 Å². The van der Waals surface area contributed by atoms with Gasteiger partial charge in [0.2, 0.25) is 11.8 Å². The lowest BCUT2D eigenvalue weighted by molar-refractivity contribution is -0.122. The Morgan fingerprint density at radius 1 is 1.03 bits per heavy atom. The highest BCUT2D eigenvalue weighted by atomic mass is 79.9. The van der Waals surface area contributed by atoms with Gasteiger partial charge < -0.3 is 15.4 Å². The van der Waals surface area contributed by atoms with Gasteiger partial charge in [-0.15, -0.1) is 0 Å². The third-order valence-corrected chi connectivity index (χ3v) is 4.61. The fourth-order valence-corrected chi connectivity index (χ4v) is 2.75. The van der Waals surface area contributed by atoms with Crippen molar-refractivity contribution < 1.29 is 14.3 Å². The van der Waals surface area contributed by atoms with E-state index in [0.29, 0.717) is 23.7 Å². The minimum absolute atomic E-state index is 0.259. The summed E-state index contributed by atoms with van der Waals surface area (Å²) < 4.78 is 6.58. The Kier molecular flexibility index (Phi) is 6.97. The van der Waals surface area contributed by atoms with E-state index in [2.05, 4.69) is 31.5 Å². The number of carbonyl (C=O) groups excluding carboxylic acids is 2. The normalized spacial score (nSPS) is 11.4. The van der Waals surface area contributed by atoms with E-state index < -0.39 is 6.04 Å². The van der Waals surface area contributed by atoms with Crippen LogP contribution >= 0.6 is 15.9 Å². The molecular formula is C22H20BrN3O3. The van der Waals surface area contributed by atoms with Crippen molar-refractivity contribution >= 4 is 27.7 Å². The molecule has 1 unspecified atom stereocenters. The monoisotopic (exact) mass is 453 g/mol. The summed E-state index contributed by atoms with van der Waals surface area (Å²) in [5.74, 6) is 0.375. The number of benzene rings is 2. The van der Waals surface area contributed by atoms with Crippen LogP contribution in [0.25, 0.3) is 0 Å². The Bertz CT molecular complexity index is 961. The van der Waals surface area contributed by atoms with Crippen molar-refractivity contribution in [2.24, 2.45) is 0 Å². The SMILES string of the molecule is CC(NC(=O)c1ccc(Oc2ccc(Br)cc2)nc1)C(=O)NCc1ccccc1. The zero-order chi connectivity index (χ0) is 20.6. The first-order valence-electron chi connectivity index (χ1n) is 9.03. The standard InChI is InChI=1S/C22H20BrN3O3/c1-15(21(27)25-13-16-5-3-2-4-6-16)26-22(28)17-7-12-20(24-14-17)29-19-10-8-18(23)9-11-19/h2-12,14-15H,13H2,1H3,(H,25,27)(H,26,28). The minimum atomic E-state index is -0.676. The van der Waals surface area contributed by atoms with Crippen LogP contribution < -0.4 is 15.4 Å².